The molecule has 2 atom stereocenters. The summed E-state index contributed by atoms with van der Waals surface area (Å²) in [6.07, 6.45) is 0.0306. The molecule has 1 heterocycles. The summed E-state index contributed by atoms with van der Waals surface area (Å²) >= 11 is 0. The molecule has 1 saturated heterocycles. The van der Waals surface area contributed by atoms with Crippen LogP contribution in [-0.2, 0) is 14.3 Å². The Labute approximate surface area is 164 Å². The van der Waals surface area contributed by atoms with Crippen LogP contribution < -0.4 is 4.74 Å². The van der Waals surface area contributed by atoms with Crippen LogP contribution in [0.15, 0.2) is 54.6 Å². The predicted octanol–water partition coefficient (Wildman–Crippen LogP) is 3.23. The lowest BCUT2D eigenvalue weighted by Crippen LogP contribution is -2.37. The van der Waals surface area contributed by atoms with Gasteiger partial charge in [0.05, 0.1) is 11.6 Å². The average molecular weight is 378 g/mol. The zero-order valence-corrected chi connectivity index (χ0v) is 15.7. The lowest BCUT2D eigenvalue weighted by atomic mass is 10.1. The van der Waals surface area contributed by atoms with Crippen molar-refractivity contribution in [2.75, 3.05) is 13.1 Å². The van der Waals surface area contributed by atoms with E-state index in [1.54, 1.807) is 48.2 Å². The minimum Gasteiger partial charge on any atom is -0.479 e. The molecular weight excluding hydrogens is 356 g/mol. The number of ether oxygens (including phenoxy) is 2. The van der Waals surface area contributed by atoms with Gasteiger partial charge >= 0.3 is 5.97 Å². The van der Waals surface area contributed by atoms with Crippen LogP contribution >= 0.6 is 0 Å². The highest BCUT2D eigenvalue weighted by atomic mass is 16.6. The number of carbonyl (C=O) groups excluding carboxylic acids is 2. The number of amides is 1. The van der Waals surface area contributed by atoms with E-state index in [1.165, 1.54) is 0 Å². The number of hydrogen-bond donors (Lipinski definition) is 0. The van der Waals surface area contributed by atoms with Crippen molar-refractivity contribution in [1.29, 1.82) is 5.26 Å². The molecule has 1 fully saturated rings. The van der Waals surface area contributed by atoms with E-state index in [0.29, 0.717) is 30.0 Å². The first-order valence-corrected chi connectivity index (χ1v) is 9.29. The van der Waals surface area contributed by atoms with Crippen molar-refractivity contribution in [3.8, 4) is 11.8 Å². The van der Waals surface area contributed by atoms with E-state index >= 15 is 0 Å². The van der Waals surface area contributed by atoms with E-state index in [9.17, 15) is 9.59 Å². The lowest BCUT2D eigenvalue weighted by molar-refractivity contribution is -0.165. The molecule has 1 aliphatic heterocycles. The third-order valence-electron chi connectivity index (χ3n) is 4.61. The highest BCUT2D eigenvalue weighted by Gasteiger charge is 2.32. The van der Waals surface area contributed by atoms with Crippen LogP contribution in [0.4, 0.5) is 0 Å². The first-order chi connectivity index (χ1) is 13.6. The Kier molecular flexibility index (Phi) is 6.28. The summed E-state index contributed by atoms with van der Waals surface area (Å²) in [5.41, 5.74) is 1.14. The molecule has 6 nitrogen and oxygen atoms in total. The van der Waals surface area contributed by atoms with Gasteiger partial charge in [-0.2, -0.15) is 5.26 Å². The predicted molar refractivity (Wildman–Crippen MR) is 102 cm³/mol. The number of rotatable bonds is 6. The van der Waals surface area contributed by atoms with Crippen molar-refractivity contribution in [2.45, 2.75) is 32.0 Å². The number of nitriles is 1. The number of hydrogen-bond acceptors (Lipinski definition) is 5. The Morgan fingerprint density at radius 1 is 1.04 bits per heavy atom. The first-order valence-electron chi connectivity index (χ1n) is 9.29. The number of benzene rings is 2. The number of nitrogens with zero attached hydrogens (tertiary/aromatic N) is 2. The van der Waals surface area contributed by atoms with Gasteiger partial charge in [-0.05, 0) is 44.0 Å². The van der Waals surface area contributed by atoms with Gasteiger partial charge in [0.25, 0.3) is 5.91 Å². The second kappa shape index (κ2) is 9.05. The fourth-order valence-electron chi connectivity index (χ4n) is 3.06. The van der Waals surface area contributed by atoms with E-state index in [0.717, 1.165) is 12.8 Å². The van der Waals surface area contributed by atoms with Crippen molar-refractivity contribution in [3.05, 3.63) is 65.7 Å². The van der Waals surface area contributed by atoms with Gasteiger partial charge in [-0.3, -0.25) is 4.79 Å². The minimum absolute atomic E-state index is 0.206. The monoisotopic (exact) mass is 378 g/mol. The van der Waals surface area contributed by atoms with Crippen LogP contribution in [0, 0.1) is 11.3 Å². The summed E-state index contributed by atoms with van der Waals surface area (Å²) in [6, 6.07) is 17.5. The van der Waals surface area contributed by atoms with Crippen LogP contribution in [0.1, 0.15) is 37.0 Å². The van der Waals surface area contributed by atoms with E-state index in [1.807, 2.05) is 24.3 Å². The molecule has 0 aliphatic carbocycles. The summed E-state index contributed by atoms with van der Waals surface area (Å²) in [4.78, 5) is 27.2. The number of carbonyl (C=O) groups is 2. The molecule has 0 bridgehead atoms. The standard InChI is InChI=1S/C22H22N2O4/c1-16(27-19-11-9-17(15-23)10-12-19)22(26)28-20(18-7-3-2-4-8-18)21(25)24-13-5-6-14-24/h2-4,7-12,16,20H,5-6,13-14H2,1H3/t16-,20+/m1/s1. The van der Waals surface area contributed by atoms with Crippen molar-refractivity contribution in [1.82, 2.24) is 4.90 Å². The molecule has 2 aromatic carbocycles. The molecule has 1 aliphatic rings. The maximum Gasteiger partial charge on any atom is 0.348 e. The van der Waals surface area contributed by atoms with E-state index < -0.39 is 18.2 Å². The molecule has 6 heteroatoms. The summed E-state index contributed by atoms with van der Waals surface area (Å²) in [6.45, 7) is 2.93. The molecule has 0 radical (unpaired) electrons. The van der Waals surface area contributed by atoms with Crippen molar-refractivity contribution >= 4 is 11.9 Å². The molecule has 0 unspecified atom stereocenters. The molecule has 144 valence electrons. The van der Waals surface area contributed by atoms with Gasteiger partial charge in [0.2, 0.25) is 6.10 Å². The molecule has 0 spiro atoms. The van der Waals surface area contributed by atoms with E-state index in [4.69, 9.17) is 14.7 Å². The lowest BCUT2D eigenvalue weighted by Gasteiger charge is -2.25. The normalized spacial score (nSPS) is 15.4. The average Bonchev–Trinajstić information content (AvgIpc) is 3.27. The Hall–Kier alpha value is -3.33. The van der Waals surface area contributed by atoms with Gasteiger partial charge < -0.3 is 14.4 Å². The largest absolute Gasteiger partial charge is 0.479 e. The van der Waals surface area contributed by atoms with Crippen molar-refractivity contribution in [3.63, 3.8) is 0 Å². The second-order valence-electron chi connectivity index (χ2n) is 6.66. The zero-order chi connectivity index (χ0) is 19.9. The van der Waals surface area contributed by atoms with Gasteiger partial charge in [0, 0.05) is 18.7 Å². The maximum absolute atomic E-state index is 12.9. The molecule has 1 amide bonds. The fraction of sp³-hybridized carbons (Fsp3) is 0.318. The first kappa shape index (κ1) is 19.4. The molecule has 0 saturated carbocycles. The minimum atomic E-state index is -0.987. The Bertz CT molecular complexity index is 852. The summed E-state index contributed by atoms with van der Waals surface area (Å²) in [7, 11) is 0. The summed E-state index contributed by atoms with van der Waals surface area (Å²) in [5, 5.41) is 8.85. The SMILES string of the molecule is C[C@@H](Oc1ccc(C#N)cc1)C(=O)O[C@H](C(=O)N1CCCC1)c1ccccc1. The zero-order valence-electron chi connectivity index (χ0n) is 15.7. The van der Waals surface area contributed by atoms with Gasteiger partial charge in [0.15, 0.2) is 6.10 Å². The van der Waals surface area contributed by atoms with Gasteiger partial charge in [-0.25, -0.2) is 4.79 Å². The number of likely N-dealkylation sites (tertiary alicyclic amines) is 1. The Morgan fingerprint density at radius 3 is 2.29 bits per heavy atom. The van der Waals surface area contributed by atoms with Gasteiger partial charge in [-0.15, -0.1) is 0 Å². The van der Waals surface area contributed by atoms with E-state index in [2.05, 4.69) is 0 Å². The van der Waals surface area contributed by atoms with Crippen LogP contribution in [0.2, 0.25) is 0 Å². The van der Waals surface area contributed by atoms with Crippen LogP contribution in [-0.4, -0.2) is 36.0 Å². The smallest absolute Gasteiger partial charge is 0.348 e. The summed E-state index contributed by atoms with van der Waals surface area (Å²) < 4.78 is 11.2. The van der Waals surface area contributed by atoms with Crippen LogP contribution in [0.25, 0.3) is 0 Å². The van der Waals surface area contributed by atoms with Gasteiger partial charge in [0.1, 0.15) is 5.75 Å². The van der Waals surface area contributed by atoms with Crippen LogP contribution in [0.3, 0.4) is 0 Å². The summed E-state index contributed by atoms with van der Waals surface area (Å²) in [5.74, 6) is -0.376. The fourth-order valence-corrected chi connectivity index (χ4v) is 3.06. The maximum atomic E-state index is 12.9. The Balaban J connectivity index is 1.70. The molecule has 28 heavy (non-hydrogen) atoms. The topological polar surface area (TPSA) is 79.6 Å². The van der Waals surface area contributed by atoms with E-state index in [-0.39, 0.29) is 5.91 Å². The molecular formula is C22H22N2O4. The Morgan fingerprint density at radius 2 is 1.68 bits per heavy atom. The highest BCUT2D eigenvalue weighted by molar-refractivity contribution is 5.86. The van der Waals surface area contributed by atoms with Crippen molar-refractivity contribution < 1.29 is 19.1 Å². The quantitative estimate of drug-likeness (QED) is 0.721. The molecule has 0 N–H and O–H groups in total. The van der Waals surface area contributed by atoms with Crippen LogP contribution in [0.5, 0.6) is 5.75 Å². The molecule has 0 aromatic heterocycles. The number of esters is 1. The third kappa shape index (κ3) is 4.68. The van der Waals surface area contributed by atoms with Crippen molar-refractivity contribution in [2.24, 2.45) is 0 Å². The highest BCUT2D eigenvalue weighted by Crippen LogP contribution is 2.24. The third-order valence-corrected chi connectivity index (χ3v) is 4.61. The molecule has 2 aromatic rings. The second-order valence-corrected chi connectivity index (χ2v) is 6.66. The molecule has 3 rings (SSSR count). The van der Waals surface area contributed by atoms with Gasteiger partial charge in [-0.1, -0.05) is 30.3 Å².